The van der Waals surface area contributed by atoms with Crippen molar-refractivity contribution < 1.29 is 28.4 Å². The minimum absolute atomic E-state index is 0.00485. The first-order valence-corrected chi connectivity index (χ1v) is 17.4. The fourth-order valence-electron chi connectivity index (χ4n) is 8.40. The third-order valence-corrected chi connectivity index (χ3v) is 11.6. The van der Waals surface area contributed by atoms with Gasteiger partial charge >= 0.3 is 0 Å². The molecule has 1 aromatic rings. The lowest BCUT2D eigenvalue weighted by Crippen LogP contribution is -2.67. The summed E-state index contributed by atoms with van der Waals surface area (Å²) in [6, 6.07) is 8.53. The third-order valence-electron chi connectivity index (χ3n) is 11.6. The topological polar surface area (TPSA) is 61.9 Å². The lowest BCUT2D eigenvalue weighted by atomic mass is 9.75. The van der Waals surface area contributed by atoms with Crippen molar-refractivity contribution in [3.05, 3.63) is 35.4 Å². The first-order chi connectivity index (χ1) is 21.1. The second kappa shape index (κ2) is 12.3. The molecule has 0 radical (unpaired) electrons. The van der Waals surface area contributed by atoms with Crippen LogP contribution in [0.3, 0.4) is 0 Å². The largest absolute Gasteiger partial charge is 0.376 e. The average Bonchev–Trinajstić information content (AvgIpc) is 2.95. The van der Waals surface area contributed by atoms with Gasteiger partial charge in [-0.25, -0.2) is 0 Å². The van der Waals surface area contributed by atoms with Gasteiger partial charge in [-0.3, -0.25) is 9.80 Å². The number of hydrogen-bond donors (Lipinski definition) is 0. The van der Waals surface area contributed by atoms with Crippen LogP contribution >= 0.6 is 0 Å². The summed E-state index contributed by atoms with van der Waals surface area (Å²) in [4.78, 5) is 4.91. The molecule has 0 aromatic heterocycles. The Balaban J connectivity index is 1.03. The molecule has 0 amide bonds. The van der Waals surface area contributed by atoms with Crippen LogP contribution in [0.1, 0.15) is 106 Å². The fourth-order valence-corrected chi connectivity index (χ4v) is 8.40. The standard InChI is InChI=1S/C38H64N2O6/c1-31(2)19-37(20-32(3,4)39(31)11)43-25-35(9,26-44-37)23-41-17-29-13-15-30(16-14-29)18-42-24-36(10)27-45-38(46-28-36)21-33(5,6)40(12)34(7,8)22-38/h13-16H,17-28H2,1-12H3. The van der Waals surface area contributed by atoms with Crippen LogP contribution in [-0.4, -0.2) is 97.3 Å². The zero-order chi connectivity index (χ0) is 33.9. The second-order valence-electron chi connectivity index (χ2n) is 18.5. The molecule has 5 rings (SSSR count). The predicted molar refractivity (Wildman–Crippen MR) is 182 cm³/mol. The van der Waals surface area contributed by atoms with E-state index in [2.05, 4.69) is 117 Å². The van der Waals surface area contributed by atoms with Crippen LogP contribution in [0.4, 0.5) is 0 Å². The minimum Gasteiger partial charge on any atom is -0.376 e. The Labute approximate surface area is 279 Å². The van der Waals surface area contributed by atoms with E-state index in [0.717, 1.165) is 36.8 Å². The molecule has 8 nitrogen and oxygen atoms in total. The van der Waals surface area contributed by atoms with Crippen LogP contribution < -0.4 is 0 Å². The lowest BCUT2D eigenvalue weighted by Gasteiger charge is -2.59. The van der Waals surface area contributed by atoms with Crippen LogP contribution in [-0.2, 0) is 41.6 Å². The van der Waals surface area contributed by atoms with E-state index in [0.29, 0.717) is 52.9 Å². The number of piperidine rings is 2. The van der Waals surface area contributed by atoms with Crippen molar-refractivity contribution in [3.63, 3.8) is 0 Å². The first kappa shape index (κ1) is 36.2. The van der Waals surface area contributed by atoms with Crippen molar-refractivity contribution in [1.29, 1.82) is 0 Å². The smallest absolute Gasteiger partial charge is 0.171 e. The zero-order valence-electron chi connectivity index (χ0n) is 31.1. The Hall–Kier alpha value is -1.10. The Bertz CT molecular complexity index is 1060. The summed E-state index contributed by atoms with van der Waals surface area (Å²) < 4.78 is 38.6. The zero-order valence-corrected chi connectivity index (χ0v) is 31.1. The van der Waals surface area contributed by atoms with E-state index < -0.39 is 11.6 Å². The molecule has 4 saturated heterocycles. The van der Waals surface area contributed by atoms with Crippen molar-refractivity contribution >= 4 is 0 Å². The first-order valence-electron chi connectivity index (χ1n) is 17.4. The maximum Gasteiger partial charge on any atom is 0.171 e. The molecule has 1 aromatic carbocycles. The van der Waals surface area contributed by atoms with E-state index in [1.807, 2.05) is 0 Å². The van der Waals surface area contributed by atoms with Crippen molar-refractivity contribution in [2.45, 2.75) is 142 Å². The Kier molecular flexibility index (Phi) is 9.71. The maximum atomic E-state index is 6.54. The van der Waals surface area contributed by atoms with Crippen LogP contribution in [0, 0.1) is 10.8 Å². The Morgan fingerprint density at radius 1 is 0.500 bits per heavy atom. The third kappa shape index (κ3) is 7.70. The molecule has 2 spiro atoms. The quantitative estimate of drug-likeness (QED) is 0.307. The molecule has 0 N–H and O–H groups in total. The molecule has 4 heterocycles. The summed E-state index contributed by atoms with van der Waals surface area (Å²) in [5.74, 6) is -1.04. The second-order valence-corrected chi connectivity index (χ2v) is 18.5. The van der Waals surface area contributed by atoms with Gasteiger partial charge in [-0.15, -0.1) is 0 Å². The van der Waals surface area contributed by atoms with Gasteiger partial charge in [-0.05, 0) is 80.6 Å². The lowest BCUT2D eigenvalue weighted by molar-refractivity contribution is -0.343. The molecular weight excluding hydrogens is 580 g/mol. The van der Waals surface area contributed by atoms with Crippen LogP contribution in [0.15, 0.2) is 24.3 Å². The molecule has 4 aliphatic rings. The molecule has 46 heavy (non-hydrogen) atoms. The highest BCUT2D eigenvalue weighted by atomic mass is 16.7. The molecule has 0 saturated carbocycles. The van der Waals surface area contributed by atoms with Gasteiger partial charge in [0.25, 0.3) is 0 Å². The summed E-state index contributed by atoms with van der Waals surface area (Å²) >= 11 is 0. The summed E-state index contributed by atoms with van der Waals surface area (Å²) in [6.07, 6.45) is 3.46. The van der Waals surface area contributed by atoms with Gasteiger partial charge in [0.05, 0.1) is 52.9 Å². The van der Waals surface area contributed by atoms with Gasteiger partial charge in [0.2, 0.25) is 0 Å². The summed E-state index contributed by atoms with van der Waals surface area (Å²) in [5.41, 5.74) is 1.98. The Morgan fingerprint density at radius 2 is 0.761 bits per heavy atom. The van der Waals surface area contributed by atoms with E-state index in [-0.39, 0.29) is 33.0 Å². The van der Waals surface area contributed by atoms with Gasteiger partial charge in [-0.1, -0.05) is 38.1 Å². The number of rotatable bonds is 8. The fraction of sp³-hybridized carbons (Fsp3) is 0.842. The van der Waals surface area contributed by atoms with Gasteiger partial charge in [-0.2, -0.15) is 0 Å². The van der Waals surface area contributed by atoms with Gasteiger partial charge in [0, 0.05) is 58.7 Å². The summed E-state index contributed by atoms with van der Waals surface area (Å²) in [6.45, 7) is 27.5. The summed E-state index contributed by atoms with van der Waals surface area (Å²) in [7, 11) is 4.42. The van der Waals surface area contributed by atoms with Crippen molar-refractivity contribution in [1.82, 2.24) is 9.80 Å². The molecule has 4 aliphatic heterocycles. The number of benzene rings is 1. The number of likely N-dealkylation sites (tertiary alicyclic amines) is 2. The molecule has 0 atom stereocenters. The monoisotopic (exact) mass is 644 g/mol. The molecule has 262 valence electrons. The van der Waals surface area contributed by atoms with E-state index in [1.54, 1.807) is 0 Å². The number of hydrogen-bond acceptors (Lipinski definition) is 8. The average molecular weight is 645 g/mol. The molecule has 0 bridgehead atoms. The highest BCUT2D eigenvalue weighted by Crippen LogP contribution is 2.49. The van der Waals surface area contributed by atoms with Crippen molar-refractivity contribution in [2.24, 2.45) is 10.8 Å². The normalized spacial score (nSPS) is 29.1. The van der Waals surface area contributed by atoms with Gasteiger partial charge < -0.3 is 28.4 Å². The summed E-state index contributed by atoms with van der Waals surface area (Å²) in [5, 5.41) is 0. The van der Waals surface area contributed by atoms with Crippen molar-refractivity contribution in [2.75, 3.05) is 53.7 Å². The SMILES string of the molecule is CN1C(C)(C)CC2(CC1(C)C)OCC(C)(COCc1ccc(COCC3(C)COC4(CC(C)(C)N(C)C(C)(C)C4)OC3)cc1)CO2. The molecule has 8 heteroatoms. The van der Waals surface area contributed by atoms with E-state index in [4.69, 9.17) is 28.4 Å². The maximum absolute atomic E-state index is 6.54. The highest BCUT2D eigenvalue weighted by Gasteiger charge is 2.56. The van der Waals surface area contributed by atoms with E-state index in [1.165, 1.54) is 0 Å². The van der Waals surface area contributed by atoms with Crippen LogP contribution in [0.2, 0.25) is 0 Å². The number of nitrogens with zero attached hydrogens (tertiary/aromatic N) is 2. The molecule has 0 aliphatic carbocycles. The molecule has 4 fully saturated rings. The predicted octanol–water partition coefficient (Wildman–Crippen LogP) is 6.78. The van der Waals surface area contributed by atoms with Crippen molar-refractivity contribution in [3.8, 4) is 0 Å². The Morgan fingerprint density at radius 3 is 1.02 bits per heavy atom. The highest BCUT2D eigenvalue weighted by molar-refractivity contribution is 5.21. The molecular formula is C38H64N2O6. The minimum atomic E-state index is -0.519. The van der Waals surface area contributed by atoms with E-state index in [9.17, 15) is 0 Å². The van der Waals surface area contributed by atoms with Gasteiger partial charge in [0.15, 0.2) is 11.6 Å². The van der Waals surface area contributed by atoms with Crippen LogP contribution in [0.25, 0.3) is 0 Å². The number of ether oxygens (including phenoxy) is 6. The van der Waals surface area contributed by atoms with Crippen LogP contribution in [0.5, 0.6) is 0 Å². The van der Waals surface area contributed by atoms with E-state index >= 15 is 0 Å². The molecule has 0 unspecified atom stereocenters. The van der Waals surface area contributed by atoms with Gasteiger partial charge in [0.1, 0.15) is 0 Å².